The van der Waals surface area contributed by atoms with Crippen molar-refractivity contribution in [2.24, 2.45) is 0 Å². The van der Waals surface area contributed by atoms with Crippen molar-refractivity contribution in [2.75, 3.05) is 13.2 Å². The van der Waals surface area contributed by atoms with Crippen molar-refractivity contribution in [3.05, 3.63) is 0 Å². The van der Waals surface area contributed by atoms with Crippen LogP contribution in [0.1, 0.15) is 34.6 Å². The fourth-order valence-corrected chi connectivity index (χ4v) is 1.14. The molecule has 2 N–H and O–H groups in total. The molecule has 0 rings (SSSR count). The zero-order valence-corrected chi connectivity index (χ0v) is 10.7. The van der Waals surface area contributed by atoms with Gasteiger partial charge >= 0.3 is 6.09 Å². The third-order valence-corrected chi connectivity index (χ3v) is 1.89. The van der Waals surface area contributed by atoms with Gasteiger partial charge < -0.3 is 19.8 Å². The first kappa shape index (κ1) is 15.2. The molecule has 0 saturated carbocycles. The van der Waals surface area contributed by atoms with Gasteiger partial charge in [-0.2, -0.15) is 0 Å². The molecule has 96 valence electrons. The number of carbonyl (C=O) groups is 1. The largest absolute Gasteiger partial charge is 0.444 e. The Kier molecular flexibility index (Phi) is 5.75. The minimum atomic E-state index is -0.651. The number of carbonyl (C=O) groups excluding carboxylic acids is 1. The molecule has 5 nitrogen and oxygen atoms in total. The predicted molar refractivity (Wildman–Crippen MR) is 61.2 cm³/mol. The Bertz CT molecular complexity index is 223. The zero-order valence-electron chi connectivity index (χ0n) is 10.7. The molecule has 0 aliphatic rings. The van der Waals surface area contributed by atoms with Gasteiger partial charge in [-0.25, -0.2) is 4.79 Å². The number of nitrogens with zero attached hydrogens (tertiary/aromatic N) is 1. The Morgan fingerprint density at radius 1 is 1.38 bits per heavy atom. The monoisotopic (exact) mass is 233 g/mol. The van der Waals surface area contributed by atoms with Crippen molar-refractivity contribution in [3.8, 4) is 0 Å². The topological polar surface area (TPSA) is 70.0 Å². The summed E-state index contributed by atoms with van der Waals surface area (Å²) in [5.41, 5.74) is -0.580. The van der Waals surface area contributed by atoms with Crippen LogP contribution in [-0.2, 0) is 4.74 Å². The second-order valence-corrected chi connectivity index (χ2v) is 5.01. The fourth-order valence-electron chi connectivity index (χ4n) is 1.14. The molecule has 1 amide bonds. The summed E-state index contributed by atoms with van der Waals surface area (Å²) in [6, 6.07) is -0.371. The number of hydrogen-bond acceptors (Lipinski definition) is 4. The lowest BCUT2D eigenvalue weighted by atomic mass is 10.2. The highest BCUT2D eigenvalue weighted by Crippen LogP contribution is 2.12. The quantitative estimate of drug-likeness (QED) is 0.759. The summed E-state index contributed by atoms with van der Waals surface area (Å²) in [5, 5.41) is 18.3. The first-order valence-corrected chi connectivity index (χ1v) is 5.46. The summed E-state index contributed by atoms with van der Waals surface area (Å²) in [4.78, 5) is 13.1. The minimum Gasteiger partial charge on any atom is -0.444 e. The van der Waals surface area contributed by atoms with Gasteiger partial charge in [-0.05, 0) is 34.6 Å². The van der Waals surface area contributed by atoms with Crippen molar-refractivity contribution in [2.45, 2.75) is 52.4 Å². The van der Waals surface area contributed by atoms with Crippen molar-refractivity contribution < 1.29 is 19.7 Å². The van der Waals surface area contributed by atoms with Gasteiger partial charge in [0.05, 0.1) is 25.3 Å². The fraction of sp³-hybridized carbons (Fsp3) is 0.909. The van der Waals surface area contributed by atoms with Crippen LogP contribution in [0, 0.1) is 0 Å². The van der Waals surface area contributed by atoms with E-state index in [9.17, 15) is 9.90 Å². The van der Waals surface area contributed by atoms with E-state index in [-0.39, 0.29) is 19.2 Å². The smallest absolute Gasteiger partial charge is 0.410 e. The van der Waals surface area contributed by atoms with Gasteiger partial charge in [0.2, 0.25) is 0 Å². The Hall–Kier alpha value is -0.810. The molecule has 0 bridgehead atoms. The van der Waals surface area contributed by atoms with E-state index in [1.807, 2.05) is 0 Å². The van der Waals surface area contributed by atoms with E-state index in [0.29, 0.717) is 0 Å². The number of ether oxygens (including phenoxy) is 1. The first-order chi connectivity index (χ1) is 7.17. The second-order valence-electron chi connectivity index (χ2n) is 5.01. The van der Waals surface area contributed by atoms with Gasteiger partial charge in [-0.15, -0.1) is 0 Å². The standard InChI is InChI=1S/C11H23NO4/c1-8(7-13)12(6-9(2)14)10(15)16-11(3,4)5/h8-9,13-14H,6-7H2,1-5H3. The van der Waals surface area contributed by atoms with Crippen molar-refractivity contribution >= 4 is 6.09 Å². The molecule has 0 aromatic heterocycles. The Morgan fingerprint density at radius 3 is 2.19 bits per heavy atom. The van der Waals surface area contributed by atoms with E-state index >= 15 is 0 Å². The van der Waals surface area contributed by atoms with E-state index in [1.165, 1.54) is 4.90 Å². The molecule has 0 aromatic rings. The lowest BCUT2D eigenvalue weighted by Gasteiger charge is -2.31. The molecule has 0 aliphatic carbocycles. The highest BCUT2D eigenvalue weighted by Gasteiger charge is 2.26. The number of hydrogen-bond donors (Lipinski definition) is 2. The molecule has 0 radical (unpaired) electrons. The molecule has 16 heavy (non-hydrogen) atoms. The molecule has 0 aliphatic heterocycles. The summed E-state index contributed by atoms with van der Waals surface area (Å²) in [7, 11) is 0. The van der Waals surface area contributed by atoms with Crippen LogP contribution in [-0.4, -0.2) is 52.1 Å². The number of aliphatic hydroxyl groups is 2. The third-order valence-electron chi connectivity index (χ3n) is 1.89. The molecular formula is C11H23NO4. The van der Waals surface area contributed by atoms with E-state index in [4.69, 9.17) is 9.84 Å². The van der Waals surface area contributed by atoms with Gasteiger partial charge in [0.1, 0.15) is 5.60 Å². The average molecular weight is 233 g/mol. The predicted octanol–water partition coefficient (Wildman–Crippen LogP) is 0.985. The summed E-state index contributed by atoms with van der Waals surface area (Å²) >= 11 is 0. The SMILES string of the molecule is CC(O)CN(C(=O)OC(C)(C)C)C(C)CO. The Morgan fingerprint density at radius 2 is 1.88 bits per heavy atom. The van der Waals surface area contributed by atoms with E-state index in [0.717, 1.165) is 0 Å². The van der Waals surface area contributed by atoms with Crippen molar-refractivity contribution in [1.29, 1.82) is 0 Å². The molecule has 0 fully saturated rings. The Labute approximate surface area is 97.0 Å². The molecule has 5 heteroatoms. The molecular weight excluding hydrogens is 210 g/mol. The zero-order chi connectivity index (χ0) is 12.9. The molecule has 0 aromatic carbocycles. The molecule has 0 spiro atoms. The highest BCUT2D eigenvalue weighted by atomic mass is 16.6. The number of rotatable bonds is 4. The van der Waals surface area contributed by atoms with Crippen LogP contribution in [0.25, 0.3) is 0 Å². The van der Waals surface area contributed by atoms with Crippen molar-refractivity contribution in [3.63, 3.8) is 0 Å². The van der Waals surface area contributed by atoms with Gasteiger partial charge in [-0.1, -0.05) is 0 Å². The normalized spacial score (nSPS) is 15.4. The summed E-state index contributed by atoms with van der Waals surface area (Å²) in [5.74, 6) is 0. The number of aliphatic hydroxyl groups excluding tert-OH is 2. The summed E-state index contributed by atoms with van der Waals surface area (Å²) in [6.45, 7) is 8.59. The average Bonchev–Trinajstić information content (AvgIpc) is 2.09. The maximum Gasteiger partial charge on any atom is 0.410 e. The maximum absolute atomic E-state index is 11.8. The van der Waals surface area contributed by atoms with E-state index in [2.05, 4.69) is 0 Å². The first-order valence-electron chi connectivity index (χ1n) is 5.46. The lowest BCUT2D eigenvalue weighted by Crippen LogP contribution is -2.46. The van der Waals surface area contributed by atoms with E-state index in [1.54, 1.807) is 34.6 Å². The van der Waals surface area contributed by atoms with Crippen LogP contribution in [0.3, 0.4) is 0 Å². The Balaban J connectivity index is 4.56. The van der Waals surface area contributed by atoms with Gasteiger partial charge in [0.15, 0.2) is 0 Å². The van der Waals surface area contributed by atoms with Crippen LogP contribution in [0.15, 0.2) is 0 Å². The highest BCUT2D eigenvalue weighted by molar-refractivity contribution is 5.68. The summed E-state index contributed by atoms with van der Waals surface area (Å²) < 4.78 is 5.19. The van der Waals surface area contributed by atoms with Crippen LogP contribution in [0.2, 0.25) is 0 Å². The lowest BCUT2D eigenvalue weighted by molar-refractivity contribution is 0.000917. The van der Waals surface area contributed by atoms with Gasteiger partial charge in [-0.3, -0.25) is 0 Å². The number of amides is 1. The van der Waals surface area contributed by atoms with E-state index < -0.39 is 17.8 Å². The molecule has 2 unspecified atom stereocenters. The molecule has 0 saturated heterocycles. The maximum atomic E-state index is 11.8. The van der Waals surface area contributed by atoms with Crippen LogP contribution < -0.4 is 0 Å². The molecule has 0 heterocycles. The van der Waals surface area contributed by atoms with Crippen LogP contribution in [0.5, 0.6) is 0 Å². The van der Waals surface area contributed by atoms with Crippen LogP contribution in [0.4, 0.5) is 4.79 Å². The minimum absolute atomic E-state index is 0.149. The molecule has 2 atom stereocenters. The third kappa shape index (κ3) is 5.92. The van der Waals surface area contributed by atoms with Gasteiger partial charge in [0.25, 0.3) is 0 Å². The van der Waals surface area contributed by atoms with Crippen LogP contribution >= 0.6 is 0 Å². The second kappa shape index (κ2) is 6.06. The summed E-state index contributed by atoms with van der Waals surface area (Å²) in [6.07, 6.45) is -1.17. The van der Waals surface area contributed by atoms with Gasteiger partial charge in [0, 0.05) is 0 Å². The van der Waals surface area contributed by atoms with Crippen molar-refractivity contribution in [1.82, 2.24) is 4.90 Å².